The lowest BCUT2D eigenvalue weighted by molar-refractivity contribution is 0.592. The third-order valence-electron chi connectivity index (χ3n) is 28.0. The van der Waals surface area contributed by atoms with Gasteiger partial charge in [0.15, 0.2) is 0 Å². The van der Waals surface area contributed by atoms with Crippen LogP contribution in [0.25, 0.3) is 123 Å². The quantitative estimate of drug-likeness (QED) is 0.101. The number of hydrogen-bond acceptors (Lipinski definition) is 8. The Bertz CT molecular complexity index is 8050. The summed E-state index contributed by atoms with van der Waals surface area (Å²) in [4.78, 5) is 9.58. The van der Waals surface area contributed by atoms with E-state index in [-0.39, 0.29) is 21.7 Å². The molecule has 21 aromatic rings. The summed E-state index contributed by atoms with van der Waals surface area (Å²) in [6.45, 7) is 19.0. The third kappa shape index (κ3) is 12.2. The van der Waals surface area contributed by atoms with Crippen molar-refractivity contribution in [3.05, 3.63) is 457 Å². The van der Waals surface area contributed by atoms with Crippen molar-refractivity contribution < 1.29 is 17.7 Å². The molecule has 0 N–H and O–H groups in total. The molecule has 4 heterocycles. The van der Waals surface area contributed by atoms with E-state index >= 15 is 0 Å². The number of anilines is 12. The fourth-order valence-electron chi connectivity index (χ4n) is 21.8. The molecular weight excluding hydrogens is 1590 g/mol. The number of fused-ring (bicyclic) bond motifs is 20. The van der Waals surface area contributed by atoms with Gasteiger partial charge in [-0.05, 0) is 215 Å². The molecule has 0 amide bonds. The summed E-state index contributed by atoms with van der Waals surface area (Å²) in [5.74, 6) is 3.95. The van der Waals surface area contributed by atoms with E-state index in [0.717, 1.165) is 163 Å². The van der Waals surface area contributed by atoms with Crippen LogP contribution in [0.15, 0.2) is 430 Å². The number of para-hydroxylation sites is 8. The number of furan rings is 4. The zero-order chi connectivity index (χ0) is 87.5. The van der Waals surface area contributed by atoms with Crippen LogP contribution in [-0.4, -0.2) is 0 Å². The van der Waals surface area contributed by atoms with Crippen molar-refractivity contribution >= 4 is 112 Å². The van der Waals surface area contributed by atoms with Crippen LogP contribution < -0.4 is 19.6 Å². The van der Waals surface area contributed by atoms with E-state index in [1.165, 1.54) is 72.3 Å². The van der Waals surface area contributed by atoms with Gasteiger partial charge < -0.3 is 37.3 Å². The zero-order valence-electron chi connectivity index (χ0n) is 73.7. The topological polar surface area (TPSA) is 65.5 Å². The molecule has 0 radical (unpaired) electrons. The first-order chi connectivity index (χ1) is 63.5. The van der Waals surface area contributed by atoms with Gasteiger partial charge in [0.05, 0.1) is 17.1 Å². The summed E-state index contributed by atoms with van der Waals surface area (Å²) in [7, 11) is 0. The third-order valence-corrected chi connectivity index (χ3v) is 28.0. The number of nitrogens with zero attached hydrogens (tertiary/aromatic N) is 4. The van der Waals surface area contributed by atoms with Crippen LogP contribution in [0.3, 0.4) is 0 Å². The van der Waals surface area contributed by atoms with Crippen molar-refractivity contribution in [3.63, 3.8) is 0 Å². The highest BCUT2D eigenvalue weighted by molar-refractivity contribution is 6.09. The Hall–Kier alpha value is -15.9. The van der Waals surface area contributed by atoms with Crippen LogP contribution in [-0.2, 0) is 21.7 Å². The molecule has 130 heavy (non-hydrogen) atoms. The Kier molecular flexibility index (Phi) is 17.8. The molecule has 8 heteroatoms. The van der Waals surface area contributed by atoms with Crippen molar-refractivity contribution in [2.45, 2.75) is 77.0 Å². The second kappa shape index (κ2) is 29.9. The summed E-state index contributed by atoms with van der Waals surface area (Å²) < 4.78 is 27.0. The molecule has 0 aliphatic heterocycles. The van der Waals surface area contributed by atoms with Gasteiger partial charge in [0.2, 0.25) is 0 Å². The fraction of sp³-hybridized carbons (Fsp3) is 0.0984. The Morgan fingerprint density at radius 2 is 0.400 bits per heavy atom. The molecule has 624 valence electrons. The molecule has 25 rings (SSSR count). The van der Waals surface area contributed by atoms with Crippen LogP contribution >= 0.6 is 0 Å². The Labute approximate surface area is 757 Å². The van der Waals surface area contributed by atoms with Gasteiger partial charge in [-0.1, -0.05) is 292 Å². The van der Waals surface area contributed by atoms with E-state index in [4.69, 9.17) is 17.7 Å². The lowest BCUT2D eigenvalue weighted by Gasteiger charge is -2.31. The van der Waals surface area contributed by atoms with Crippen LogP contribution in [0, 0.1) is 0 Å². The lowest BCUT2D eigenvalue weighted by Crippen LogP contribution is -2.23. The molecule has 4 aliphatic rings. The summed E-state index contributed by atoms with van der Waals surface area (Å²) in [6, 6.07) is 148. The number of rotatable bonds is 15. The second-order valence-electron chi connectivity index (χ2n) is 37.0. The summed E-state index contributed by atoms with van der Waals surface area (Å²) >= 11 is 0. The normalized spacial score (nSPS) is 13.9. The largest absolute Gasteiger partial charge is 0.456 e. The summed E-state index contributed by atoms with van der Waals surface area (Å²) in [5.41, 5.74) is 37.3. The van der Waals surface area contributed by atoms with Gasteiger partial charge in [0.25, 0.3) is 0 Å². The molecule has 0 saturated heterocycles. The molecule has 0 saturated carbocycles. The van der Waals surface area contributed by atoms with Gasteiger partial charge in [0.1, 0.15) is 45.4 Å². The average Bonchev–Trinajstić information content (AvgIpc) is 1.52. The average molecular weight is 1680 g/mol. The molecule has 4 aliphatic carbocycles. The van der Waals surface area contributed by atoms with Crippen LogP contribution in [0.4, 0.5) is 68.2 Å². The first kappa shape index (κ1) is 77.6. The molecule has 0 bridgehead atoms. The lowest BCUT2D eigenvalue weighted by atomic mass is 9.74. The predicted octanol–water partition coefficient (Wildman–Crippen LogP) is 34.5. The van der Waals surface area contributed by atoms with Crippen LogP contribution in [0.1, 0.15) is 99.9 Å². The Morgan fingerprint density at radius 3 is 0.723 bits per heavy atom. The van der Waals surface area contributed by atoms with E-state index < -0.39 is 0 Å². The minimum Gasteiger partial charge on any atom is -0.456 e. The smallest absolute Gasteiger partial charge is 0.139 e. The van der Waals surface area contributed by atoms with Gasteiger partial charge in [0, 0.05) is 156 Å². The minimum atomic E-state index is -0.361. The van der Waals surface area contributed by atoms with Crippen molar-refractivity contribution in [3.8, 4) is 78.7 Å². The molecular formula is C122H92N4O4. The van der Waals surface area contributed by atoms with Crippen molar-refractivity contribution in [1.29, 1.82) is 0 Å². The van der Waals surface area contributed by atoms with E-state index in [0.29, 0.717) is 0 Å². The fourth-order valence-corrected chi connectivity index (χ4v) is 21.8. The molecule has 0 atom stereocenters. The van der Waals surface area contributed by atoms with Gasteiger partial charge in [-0.25, -0.2) is 0 Å². The van der Waals surface area contributed by atoms with Gasteiger partial charge in [-0.2, -0.15) is 0 Å². The van der Waals surface area contributed by atoms with Crippen molar-refractivity contribution in [2.75, 3.05) is 19.6 Å². The zero-order valence-corrected chi connectivity index (χ0v) is 73.7. The maximum Gasteiger partial charge on any atom is 0.139 e. The monoisotopic (exact) mass is 1680 g/mol. The summed E-state index contributed by atoms with van der Waals surface area (Å²) in [5, 5.41) is 4.42. The highest BCUT2D eigenvalue weighted by Crippen LogP contribution is 2.65. The SMILES string of the molecule is CC1(C)c2cc(N(c3ccccc3)c3ccc4oc5ccccc5c4c3)ccc2-c2oc3c(c21)C(C)(C)c1cc(N(c2ccccc2)c2ccccc2-c2ccccc2)ccc1-3.CC1(C)c2cc(N(c3ccccc3)c3ccccc3-c3ccccc3)ccc2-c2oc3c(c21)C(C)(C)c1cc(N(c2ccc4oc5ccccc5c4c2)c2ccccc2-c2ccccc2)ccc1-3. The minimum absolute atomic E-state index is 0.319. The second-order valence-corrected chi connectivity index (χ2v) is 37.0. The maximum absolute atomic E-state index is 7.23. The van der Waals surface area contributed by atoms with Gasteiger partial charge >= 0.3 is 0 Å². The van der Waals surface area contributed by atoms with Crippen LogP contribution in [0.2, 0.25) is 0 Å². The molecule has 8 nitrogen and oxygen atoms in total. The predicted molar refractivity (Wildman–Crippen MR) is 537 cm³/mol. The van der Waals surface area contributed by atoms with Crippen molar-refractivity contribution in [2.24, 2.45) is 0 Å². The molecule has 0 unspecified atom stereocenters. The molecule has 0 fully saturated rings. The Balaban J connectivity index is 0.000000145. The molecule has 0 spiro atoms. The highest BCUT2D eigenvalue weighted by Gasteiger charge is 2.53. The van der Waals surface area contributed by atoms with E-state index in [9.17, 15) is 0 Å². The standard InChI is InChI=1S/C64H48N2O2.C58H44N2O2/c1-63(2)53-39-45(65(43-24-12-7-13-25-43)55-29-17-14-26-47(55)41-20-8-5-9-21-41)32-35-50(53)61-59(63)60-62(68-61)51-36-33-46(40-54(51)64(60,3)4)66(56-30-18-15-27-48(56)42-22-10-6-11-23-42)44-34-37-58-52(38-44)49-28-16-19-31-57(49)67-58;1-57(2)48-35-41(59(38-20-10-6-11-21-38)40-30-33-52-47(34-40)44-25-15-17-27-51(44)61-52)28-31-45(48)55-53(57)54-56(62-55)46-32-29-42(36-49(46)58(54,3)4)60(39-22-12-7-13-23-39)50-26-16-14-24-43(50)37-18-8-5-9-19-37/h5-40H,1-4H3;5-36H,1-4H3. The maximum atomic E-state index is 7.23. The van der Waals surface area contributed by atoms with Crippen molar-refractivity contribution in [1.82, 2.24) is 0 Å². The van der Waals surface area contributed by atoms with E-state index in [1.807, 2.05) is 24.3 Å². The van der Waals surface area contributed by atoms with Gasteiger partial charge in [-0.15, -0.1) is 0 Å². The summed E-state index contributed by atoms with van der Waals surface area (Å²) in [6.07, 6.45) is 0. The molecule has 17 aromatic carbocycles. The first-order valence-electron chi connectivity index (χ1n) is 45.1. The Morgan fingerprint density at radius 1 is 0.169 bits per heavy atom. The van der Waals surface area contributed by atoms with E-state index in [1.54, 1.807) is 0 Å². The van der Waals surface area contributed by atoms with Gasteiger partial charge in [-0.3, -0.25) is 0 Å². The number of hydrogen-bond donors (Lipinski definition) is 0. The number of benzene rings is 17. The first-order valence-corrected chi connectivity index (χ1v) is 45.1. The van der Waals surface area contributed by atoms with E-state index in [2.05, 4.69) is 463 Å². The molecule has 4 aromatic heterocycles. The highest BCUT2D eigenvalue weighted by atomic mass is 16.4. The van der Waals surface area contributed by atoms with Crippen LogP contribution in [0.5, 0.6) is 0 Å².